The Balaban J connectivity index is 1.57. The van der Waals surface area contributed by atoms with Crippen LogP contribution in [0.4, 0.5) is 5.69 Å². The molecular weight excluding hydrogens is 438 g/mol. The van der Waals surface area contributed by atoms with Crippen LogP contribution in [0.1, 0.15) is 52.7 Å². The average Bonchev–Trinajstić information content (AvgIpc) is 3.25. The molecule has 0 spiro atoms. The van der Waals surface area contributed by atoms with E-state index in [0.717, 1.165) is 30.6 Å². The number of carbonyl (C=O) groups excluding carboxylic acids is 3. The first-order chi connectivity index (χ1) is 14.8. The van der Waals surface area contributed by atoms with Gasteiger partial charge in [0, 0.05) is 30.3 Å². The smallest absolute Gasteiger partial charge is 0.286 e. The van der Waals surface area contributed by atoms with E-state index in [-0.39, 0.29) is 27.7 Å². The Morgan fingerprint density at radius 2 is 1.90 bits per heavy atom. The van der Waals surface area contributed by atoms with Gasteiger partial charge in [0.25, 0.3) is 11.8 Å². The van der Waals surface area contributed by atoms with E-state index in [9.17, 15) is 14.4 Å². The Morgan fingerprint density at radius 3 is 2.61 bits per heavy atom. The van der Waals surface area contributed by atoms with E-state index in [2.05, 4.69) is 34.7 Å². The maximum absolute atomic E-state index is 12.9. The van der Waals surface area contributed by atoms with Crippen molar-refractivity contribution < 1.29 is 14.4 Å². The predicted molar refractivity (Wildman–Crippen MR) is 120 cm³/mol. The third-order valence-electron chi connectivity index (χ3n) is 5.00. The zero-order valence-corrected chi connectivity index (χ0v) is 19.1. The summed E-state index contributed by atoms with van der Waals surface area (Å²) in [6.45, 7) is 5.76. The molecule has 1 atom stereocenters. The lowest BCUT2D eigenvalue weighted by atomic mass is 9.97. The van der Waals surface area contributed by atoms with Gasteiger partial charge in [0.05, 0.1) is 5.92 Å². The fourth-order valence-electron chi connectivity index (χ4n) is 3.26. The Labute approximate surface area is 190 Å². The van der Waals surface area contributed by atoms with Gasteiger partial charge in [-0.3, -0.25) is 14.4 Å². The molecule has 1 saturated heterocycles. The van der Waals surface area contributed by atoms with Gasteiger partial charge < -0.3 is 15.5 Å². The van der Waals surface area contributed by atoms with Crippen molar-refractivity contribution in [1.82, 2.24) is 20.4 Å². The lowest BCUT2D eigenvalue weighted by molar-refractivity contribution is -0.126. The van der Waals surface area contributed by atoms with Gasteiger partial charge in [-0.1, -0.05) is 36.8 Å². The average molecular weight is 464 g/mol. The highest BCUT2D eigenvalue weighted by Gasteiger charge is 2.30. The maximum Gasteiger partial charge on any atom is 0.286 e. The summed E-state index contributed by atoms with van der Waals surface area (Å²) in [5, 5.41) is 14.2. The van der Waals surface area contributed by atoms with Crippen molar-refractivity contribution in [1.29, 1.82) is 0 Å². The fraction of sp³-hybridized carbons (Fsp3) is 0.476. The highest BCUT2D eigenvalue weighted by molar-refractivity contribution is 7.15. The van der Waals surface area contributed by atoms with Gasteiger partial charge in [0.1, 0.15) is 0 Å². The van der Waals surface area contributed by atoms with Crippen LogP contribution in [0.3, 0.4) is 0 Å². The normalized spacial score (nSPS) is 16.3. The fourth-order valence-corrected chi connectivity index (χ4v) is 4.09. The highest BCUT2D eigenvalue weighted by atomic mass is 35.5. The molecule has 1 fully saturated rings. The van der Waals surface area contributed by atoms with Gasteiger partial charge in [-0.15, -0.1) is 10.2 Å². The molecule has 0 bridgehead atoms. The van der Waals surface area contributed by atoms with Crippen molar-refractivity contribution in [2.75, 3.05) is 25.0 Å². The molecule has 1 aromatic heterocycles. The molecule has 3 rings (SSSR count). The first-order valence-electron chi connectivity index (χ1n) is 10.3. The maximum atomic E-state index is 12.9. The van der Waals surface area contributed by atoms with Crippen LogP contribution in [0.15, 0.2) is 24.3 Å². The molecule has 1 aliphatic heterocycles. The molecular formula is C21H26ClN5O3S. The number of rotatable bonds is 7. The van der Waals surface area contributed by atoms with Gasteiger partial charge in [-0.2, -0.15) is 0 Å². The SMILES string of the molecule is CC(C)CCNC(=O)C1CCCN(C(=O)c2nnc(C(=O)Nc3ccc(Cl)cc3)s2)C1. The van der Waals surface area contributed by atoms with Crippen LogP contribution in [0, 0.1) is 11.8 Å². The number of piperidine rings is 1. The van der Waals surface area contributed by atoms with E-state index in [1.807, 2.05) is 0 Å². The Bertz CT molecular complexity index is 931. The molecule has 8 nitrogen and oxygen atoms in total. The van der Waals surface area contributed by atoms with Crippen LogP contribution < -0.4 is 10.6 Å². The number of anilines is 1. The van der Waals surface area contributed by atoms with Gasteiger partial charge in [-0.25, -0.2) is 0 Å². The van der Waals surface area contributed by atoms with Crippen molar-refractivity contribution in [2.45, 2.75) is 33.1 Å². The van der Waals surface area contributed by atoms with Gasteiger partial charge in [0.2, 0.25) is 15.9 Å². The summed E-state index contributed by atoms with van der Waals surface area (Å²) in [4.78, 5) is 39.3. The minimum absolute atomic E-state index is 0.0153. The molecule has 2 N–H and O–H groups in total. The quantitative estimate of drug-likeness (QED) is 0.654. The number of amides is 3. The monoisotopic (exact) mass is 463 g/mol. The summed E-state index contributed by atoms with van der Waals surface area (Å²) < 4.78 is 0. The molecule has 1 unspecified atom stereocenters. The molecule has 2 heterocycles. The van der Waals surface area contributed by atoms with Crippen molar-refractivity contribution in [3.05, 3.63) is 39.3 Å². The molecule has 0 saturated carbocycles. The van der Waals surface area contributed by atoms with Crippen LogP contribution in [-0.2, 0) is 4.79 Å². The molecule has 1 aromatic carbocycles. The summed E-state index contributed by atoms with van der Waals surface area (Å²) >= 11 is 6.78. The summed E-state index contributed by atoms with van der Waals surface area (Å²) in [7, 11) is 0. The van der Waals surface area contributed by atoms with Crippen LogP contribution >= 0.6 is 22.9 Å². The minimum atomic E-state index is -0.445. The first kappa shape index (κ1) is 23.1. The third-order valence-corrected chi connectivity index (χ3v) is 6.17. The van der Waals surface area contributed by atoms with Crippen molar-refractivity contribution in [3.8, 4) is 0 Å². The second-order valence-electron chi connectivity index (χ2n) is 7.94. The highest BCUT2D eigenvalue weighted by Crippen LogP contribution is 2.21. The van der Waals surface area contributed by atoms with Crippen LogP contribution in [0.25, 0.3) is 0 Å². The van der Waals surface area contributed by atoms with Crippen LogP contribution in [-0.4, -0.2) is 52.5 Å². The largest absolute Gasteiger partial charge is 0.356 e. The molecule has 1 aliphatic rings. The standard InChI is InChI=1S/C21H26ClN5O3S/c1-13(2)9-10-23-17(28)14-4-3-11-27(12-14)21(30)20-26-25-19(31-20)18(29)24-16-7-5-15(22)6-8-16/h5-8,13-14H,3-4,9-12H2,1-2H3,(H,23,28)(H,24,29). The van der Waals surface area contributed by atoms with E-state index >= 15 is 0 Å². The molecule has 3 amide bonds. The summed E-state index contributed by atoms with van der Waals surface area (Å²) in [6.07, 6.45) is 2.42. The number of hydrogen-bond acceptors (Lipinski definition) is 6. The molecule has 31 heavy (non-hydrogen) atoms. The number of likely N-dealkylation sites (tertiary alicyclic amines) is 1. The lowest BCUT2D eigenvalue weighted by Crippen LogP contribution is -2.45. The number of nitrogens with zero attached hydrogens (tertiary/aromatic N) is 3. The number of benzene rings is 1. The Morgan fingerprint density at radius 1 is 1.19 bits per heavy atom. The molecule has 166 valence electrons. The van der Waals surface area contributed by atoms with Crippen molar-refractivity contribution in [3.63, 3.8) is 0 Å². The van der Waals surface area contributed by atoms with E-state index in [1.165, 1.54) is 0 Å². The number of carbonyl (C=O) groups is 3. The molecule has 10 heteroatoms. The van der Waals surface area contributed by atoms with Gasteiger partial charge in [0.15, 0.2) is 0 Å². The zero-order valence-electron chi connectivity index (χ0n) is 17.6. The molecule has 0 aliphatic carbocycles. The van der Waals surface area contributed by atoms with Gasteiger partial charge in [-0.05, 0) is 49.4 Å². The third kappa shape index (κ3) is 6.48. The number of halogens is 1. The van der Waals surface area contributed by atoms with Crippen molar-refractivity contribution >= 4 is 46.3 Å². The topological polar surface area (TPSA) is 104 Å². The Hall–Kier alpha value is -2.52. The van der Waals surface area contributed by atoms with E-state index in [4.69, 9.17) is 11.6 Å². The second kappa shape index (κ2) is 10.7. The lowest BCUT2D eigenvalue weighted by Gasteiger charge is -2.31. The summed E-state index contributed by atoms with van der Waals surface area (Å²) in [5.74, 6) is -0.472. The predicted octanol–water partition coefficient (Wildman–Crippen LogP) is 3.46. The van der Waals surface area contributed by atoms with Gasteiger partial charge >= 0.3 is 0 Å². The zero-order chi connectivity index (χ0) is 22.4. The molecule has 2 aromatic rings. The van der Waals surface area contributed by atoms with E-state index in [0.29, 0.717) is 36.3 Å². The number of nitrogens with one attached hydrogen (secondary N) is 2. The number of aromatic nitrogens is 2. The second-order valence-corrected chi connectivity index (χ2v) is 9.35. The first-order valence-corrected chi connectivity index (χ1v) is 11.5. The number of hydrogen-bond donors (Lipinski definition) is 2. The van der Waals surface area contributed by atoms with E-state index < -0.39 is 5.91 Å². The van der Waals surface area contributed by atoms with Crippen LogP contribution in [0.2, 0.25) is 5.02 Å². The van der Waals surface area contributed by atoms with Crippen molar-refractivity contribution in [2.24, 2.45) is 11.8 Å². The summed E-state index contributed by atoms with van der Waals surface area (Å²) in [6, 6.07) is 6.68. The minimum Gasteiger partial charge on any atom is -0.356 e. The Kier molecular flexibility index (Phi) is 7.97. The summed E-state index contributed by atoms with van der Waals surface area (Å²) in [5.41, 5.74) is 0.569. The van der Waals surface area contributed by atoms with Crippen LogP contribution in [0.5, 0.6) is 0 Å². The van der Waals surface area contributed by atoms with E-state index in [1.54, 1.807) is 29.2 Å². The molecule has 0 radical (unpaired) electrons.